The van der Waals surface area contributed by atoms with Gasteiger partial charge in [-0.15, -0.1) is 0 Å². The van der Waals surface area contributed by atoms with E-state index in [0.29, 0.717) is 33.4 Å². The molecule has 1 aliphatic rings. The molecule has 1 N–H and O–H groups in total. The van der Waals surface area contributed by atoms with Crippen molar-refractivity contribution in [2.24, 2.45) is 0 Å². The number of aryl methyl sites for hydroxylation is 1. The fourth-order valence-electron chi connectivity index (χ4n) is 3.57. The molecule has 5 nitrogen and oxygen atoms in total. The number of rotatable bonds is 6. The van der Waals surface area contributed by atoms with Crippen molar-refractivity contribution >= 4 is 93.0 Å². The lowest BCUT2D eigenvalue weighted by atomic mass is 10.1. The SMILES string of the molecule is COc1ccc(/C=C2/NC(=S)N(c3cccc(C)c3)C2=O)cc1COc1c(Cl)c(Cl)c(Cl)c(Cl)c1Cl. The van der Waals surface area contributed by atoms with Gasteiger partial charge in [-0.1, -0.05) is 76.2 Å². The van der Waals surface area contributed by atoms with Crippen LogP contribution in [0.15, 0.2) is 48.2 Å². The first-order valence-corrected chi connectivity index (χ1v) is 12.7. The molecular weight excluding hydrogens is 586 g/mol. The largest absolute Gasteiger partial charge is 0.496 e. The summed E-state index contributed by atoms with van der Waals surface area (Å²) in [5.41, 5.74) is 3.41. The van der Waals surface area contributed by atoms with Crippen LogP contribution in [0.1, 0.15) is 16.7 Å². The molecule has 0 unspecified atom stereocenters. The van der Waals surface area contributed by atoms with E-state index in [0.717, 1.165) is 5.56 Å². The maximum atomic E-state index is 13.1. The van der Waals surface area contributed by atoms with E-state index < -0.39 is 0 Å². The summed E-state index contributed by atoms with van der Waals surface area (Å²) >= 11 is 36.3. The Bertz CT molecular complexity index is 1400. The Balaban J connectivity index is 1.62. The van der Waals surface area contributed by atoms with Crippen LogP contribution in [0.4, 0.5) is 5.69 Å². The van der Waals surface area contributed by atoms with Gasteiger partial charge in [0.25, 0.3) is 5.91 Å². The summed E-state index contributed by atoms with van der Waals surface area (Å²) in [7, 11) is 1.53. The number of nitrogens with one attached hydrogen (secondary N) is 1. The number of ether oxygens (including phenoxy) is 2. The highest BCUT2D eigenvalue weighted by Crippen LogP contribution is 2.48. The number of hydrogen-bond donors (Lipinski definition) is 1. The van der Waals surface area contributed by atoms with Crippen LogP contribution in [0.25, 0.3) is 6.08 Å². The predicted molar refractivity (Wildman–Crippen MR) is 151 cm³/mol. The number of thiocarbonyl (C=S) groups is 1. The molecule has 1 amide bonds. The number of nitrogens with zero attached hydrogens (tertiary/aromatic N) is 1. The minimum Gasteiger partial charge on any atom is -0.496 e. The van der Waals surface area contributed by atoms with Crippen LogP contribution in [0.2, 0.25) is 25.1 Å². The first-order valence-electron chi connectivity index (χ1n) is 10.4. The number of benzene rings is 3. The molecule has 0 saturated carbocycles. The molecule has 0 aromatic heterocycles. The van der Waals surface area contributed by atoms with Gasteiger partial charge < -0.3 is 14.8 Å². The summed E-state index contributed by atoms with van der Waals surface area (Å²) in [5.74, 6) is 0.386. The topological polar surface area (TPSA) is 50.8 Å². The van der Waals surface area contributed by atoms with Crippen molar-refractivity contribution in [1.82, 2.24) is 5.32 Å². The minimum absolute atomic E-state index is 0.0170. The second-order valence-corrected chi connectivity index (χ2v) is 10.0. The van der Waals surface area contributed by atoms with Crippen molar-refractivity contribution in [2.75, 3.05) is 12.0 Å². The third-order valence-electron chi connectivity index (χ3n) is 5.30. The van der Waals surface area contributed by atoms with Gasteiger partial charge in [0.2, 0.25) is 0 Å². The van der Waals surface area contributed by atoms with Crippen LogP contribution >= 0.6 is 70.2 Å². The van der Waals surface area contributed by atoms with Gasteiger partial charge in [-0.05, 0) is 60.6 Å². The van der Waals surface area contributed by atoms with Gasteiger partial charge in [-0.2, -0.15) is 0 Å². The molecular formula is C25H17Cl5N2O3S. The third-order valence-corrected chi connectivity index (χ3v) is 7.82. The van der Waals surface area contributed by atoms with Crippen LogP contribution in [0.3, 0.4) is 0 Å². The fraction of sp³-hybridized carbons (Fsp3) is 0.120. The quantitative estimate of drug-likeness (QED) is 0.134. The van der Waals surface area contributed by atoms with E-state index in [4.69, 9.17) is 79.7 Å². The average molecular weight is 603 g/mol. The number of methoxy groups -OCH3 is 1. The van der Waals surface area contributed by atoms with E-state index in [-0.39, 0.29) is 43.4 Å². The van der Waals surface area contributed by atoms with Gasteiger partial charge in [0.05, 0.1) is 27.9 Å². The highest BCUT2D eigenvalue weighted by molar-refractivity contribution is 7.80. The summed E-state index contributed by atoms with van der Waals surface area (Å²) in [5, 5.41) is 3.48. The minimum atomic E-state index is -0.261. The lowest BCUT2D eigenvalue weighted by Gasteiger charge is -2.15. The summed E-state index contributed by atoms with van der Waals surface area (Å²) in [6.45, 7) is 1.97. The van der Waals surface area contributed by atoms with Crippen LogP contribution < -0.4 is 19.7 Å². The van der Waals surface area contributed by atoms with Crippen molar-refractivity contribution < 1.29 is 14.3 Å². The first kappa shape index (κ1) is 26.9. The van der Waals surface area contributed by atoms with E-state index in [1.165, 1.54) is 12.0 Å². The number of hydrogen-bond acceptors (Lipinski definition) is 4. The second-order valence-electron chi connectivity index (χ2n) is 7.73. The van der Waals surface area contributed by atoms with Crippen LogP contribution in [-0.4, -0.2) is 18.1 Å². The zero-order valence-electron chi connectivity index (χ0n) is 18.8. The summed E-state index contributed by atoms with van der Waals surface area (Å²) in [6.07, 6.45) is 1.70. The number of amides is 1. The van der Waals surface area contributed by atoms with Gasteiger partial charge in [0, 0.05) is 5.56 Å². The number of carbonyl (C=O) groups excluding carboxylic acids is 1. The molecule has 1 aliphatic heterocycles. The van der Waals surface area contributed by atoms with Crippen molar-refractivity contribution in [2.45, 2.75) is 13.5 Å². The molecule has 0 aliphatic carbocycles. The molecule has 1 heterocycles. The third kappa shape index (κ3) is 5.25. The Labute approximate surface area is 238 Å². The summed E-state index contributed by atoms with van der Waals surface area (Å²) in [6, 6.07) is 12.9. The summed E-state index contributed by atoms with van der Waals surface area (Å²) < 4.78 is 11.3. The number of halogens is 5. The molecule has 1 fully saturated rings. The van der Waals surface area contributed by atoms with Gasteiger partial charge in [0.15, 0.2) is 10.9 Å². The Kier molecular flexibility index (Phi) is 8.25. The molecule has 186 valence electrons. The Morgan fingerprint density at radius 1 is 0.972 bits per heavy atom. The van der Waals surface area contributed by atoms with E-state index in [1.807, 2.05) is 31.2 Å². The Morgan fingerprint density at radius 2 is 1.64 bits per heavy atom. The molecule has 36 heavy (non-hydrogen) atoms. The molecule has 3 aromatic carbocycles. The monoisotopic (exact) mass is 600 g/mol. The maximum absolute atomic E-state index is 13.1. The molecule has 1 saturated heterocycles. The van der Waals surface area contributed by atoms with Crippen LogP contribution in [-0.2, 0) is 11.4 Å². The van der Waals surface area contributed by atoms with Crippen LogP contribution in [0.5, 0.6) is 11.5 Å². The molecule has 3 aromatic rings. The molecule has 0 radical (unpaired) electrons. The maximum Gasteiger partial charge on any atom is 0.281 e. The van der Waals surface area contributed by atoms with Crippen molar-refractivity contribution in [3.05, 3.63) is 90.0 Å². The molecule has 11 heteroatoms. The normalized spacial score (nSPS) is 14.4. The highest BCUT2D eigenvalue weighted by atomic mass is 35.5. The van der Waals surface area contributed by atoms with Crippen molar-refractivity contribution in [3.8, 4) is 11.5 Å². The second kappa shape index (κ2) is 11.1. The average Bonchev–Trinajstić information content (AvgIpc) is 3.14. The highest BCUT2D eigenvalue weighted by Gasteiger charge is 2.32. The summed E-state index contributed by atoms with van der Waals surface area (Å²) in [4.78, 5) is 14.6. The number of anilines is 1. The van der Waals surface area contributed by atoms with Gasteiger partial charge in [-0.3, -0.25) is 9.69 Å². The van der Waals surface area contributed by atoms with E-state index in [1.54, 1.807) is 24.3 Å². The van der Waals surface area contributed by atoms with Gasteiger partial charge in [0.1, 0.15) is 28.1 Å². The molecule has 0 spiro atoms. The number of carbonyl (C=O) groups is 1. The van der Waals surface area contributed by atoms with Gasteiger partial charge >= 0.3 is 0 Å². The van der Waals surface area contributed by atoms with Crippen molar-refractivity contribution in [3.63, 3.8) is 0 Å². The standard InChI is InChI=1S/C25H17Cl5N2O3S/c1-12-4-3-5-15(8-12)32-24(33)16(31-25(32)36)10-13-6-7-17(34-2)14(9-13)11-35-23-21(29)19(27)18(26)20(28)22(23)30/h3-10H,11H2,1-2H3,(H,31,36)/b16-10+. The Hall–Kier alpha value is -2.19. The lowest BCUT2D eigenvalue weighted by Crippen LogP contribution is -2.30. The van der Waals surface area contributed by atoms with Crippen LogP contribution in [0, 0.1) is 6.92 Å². The van der Waals surface area contributed by atoms with E-state index in [2.05, 4.69) is 5.32 Å². The Morgan fingerprint density at radius 3 is 2.28 bits per heavy atom. The molecule has 4 rings (SSSR count). The fourth-order valence-corrected chi connectivity index (χ4v) is 5.09. The van der Waals surface area contributed by atoms with Crippen molar-refractivity contribution in [1.29, 1.82) is 0 Å². The zero-order chi connectivity index (χ0) is 26.1. The zero-order valence-corrected chi connectivity index (χ0v) is 23.4. The smallest absolute Gasteiger partial charge is 0.281 e. The first-order chi connectivity index (χ1) is 17.1. The predicted octanol–water partition coefficient (Wildman–Crippen LogP) is 8.11. The van der Waals surface area contributed by atoms with Gasteiger partial charge in [-0.25, -0.2) is 0 Å². The lowest BCUT2D eigenvalue weighted by molar-refractivity contribution is -0.113. The molecule has 0 atom stereocenters. The molecule has 0 bridgehead atoms. The van der Waals surface area contributed by atoms with E-state index >= 15 is 0 Å². The van der Waals surface area contributed by atoms with E-state index in [9.17, 15) is 4.79 Å².